The second-order valence-electron chi connectivity index (χ2n) is 5.76. The number of nitrogens with two attached hydrogens (primary N) is 1. The monoisotopic (exact) mass is 246 g/mol. The molecular weight excluding hydrogens is 220 g/mol. The zero-order valence-corrected chi connectivity index (χ0v) is 11.9. The van der Waals surface area contributed by atoms with Crippen LogP contribution in [0.15, 0.2) is 18.2 Å². The van der Waals surface area contributed by atoms with Crippen molar-refractivity contribution in [2.45, 2.75) is 39.7 Å². The Morgan fingerprint density at radius 3 is 2.67 bits per heavy atom. The largest absolute Gasteiger partial charge is 0.323 e. The summed E-state index contributed by atoms with van der Waals surface area (Å²) in [6.07, 6.45) is 2.82. The summed E-state index contributed by atoms with van der Waals surface area (Å²) in [4.78, 5) is 2.50. The van der Waals surface area contributed by atoms with Crippen molar-refractivity contribution in [3.63, 3.8) is 0 Å². The molecule has 1 aliphatic rings. The molecule has 0 aromatic heterocycles. The number of hydrogen-bond acceptors (Lipinski definition) is 2. The van der Waals surface area contributed by atoms with Gasteiger partial charge in [0.05, 0.1) is 0 Å². The van der Waals surface area contributed by atoms with Gasteiger partial charge < -0.3 is 10.6 Å². The lowest BCUT2D eigenvalue weighted by atomic mass is 9.99. The van der Waals surface area contributed by atoms with Crippen molar-refractivity contribution < 1.29 is 0 Å². The van der Waals surface area contributed by atoms with Gasteiger partial charge in [-0.1, -0.05) is 30.7 Å². The number of hydrogen-bond donors (Lipinski definition) is 1. The van der Waals surface area contributed by atoms with E-state index in [0.717, 1.165) is 19.0 Å². The first-order valence-corrected chi connectivity index (χ1v) is 7.15. The quantitative estimate of drug-likeness (QED) is 0.836. The maximum absolute atomic E-state index is 6.40. The molecule has 0 radical (unpaired) electrons. The van der Waals surface area contributed by atoms with Crippen molar-refractivity contribution >= 4 is 0 Å². The van der Waals surface area contributed by atoms with Crippen LogP contribution in [0.1, 0.15) is 42.5 Å². The van der Waals surface area contributed by atoms with E-state index in [0.29, 0.717) is 0 Å². The predicted octanol–water partition coefficient (Wildman–Crippen LogP) is 3.04. The molecule has 18 heavy (non-hydrogen) atoms. The Morgan fingerprint density at radius 1 is 1.33 bits per heavy atom. The molecule has 1 aromatic carbocycles. The molecule has 0 aliphatic heterocycles. The fourth-order valence-corrected chi connectivity index (χ4v) is 2.53. The van der Waals surface area contributed by atoms with E-state index < -0.39 is 0 Å². The highest BCUT2D eigenvalue weighted by molar-refractivity contribution is 5.33. The Bertz CT molecular complexity index is 396. The summed E-state index contributed by atoms with van der Waals surface area (Å²) >= 11 is 0. The SMILES string of the molecule is CCN(CC1CC1)CC(N)c1cc(C)ccc1C. The van der Waals surface area contributed by atoms with E-state index in [1.165, 1.54) is 36.1 Å². The average molecular weight is 246 g/mol. The van der Waals surface area contributed by atoms with Gasteiger partial charge in [-0.2, -0.15) is 0 Å². The number of rotatable bonds is 6. The van der Waals surface area contributed by atoms with Gasteiger partial charge in [0, 0.05) is 19.1 Å². The first kappa shape index (κ1) is 13.6. The molecule has 1 fully saturated rings. The molecule has 0 spiro atoms. The van der Waals surface area contributed by atoms with Crippen LogP contribution in [0.2, 0.25) is 0 Å². The Balaban J connectivity index is 2.00. The normalized spacial score (nSPS) is 17.2. The van der Waals surface area contributed by atoms with Gasteiger partial charge in [-0.25, -0.2) is 0 Å². The molecule has 0 bridgehead atoms. The minimum atomic E-state index is 0.142. The van der Waals surface area contributed by atoms with Gasteiger partial charge >= 0.3 is 0 Å². The standard InChI is InChI=1S/C16H26N2/c1-4-18(10-14-7-8-14)11-16(17)15-9-12(2)5-6-13(15)3/h5-6,9,14,16H,4,7-8,10-11,17H2,1-3H3. The molecule has 1 aromatic rings. The van der Waals surface area contributed by atoms with Gasteiger partial charge in [0.2, 0.25) is 0 Å². The highest BCUT2D eigenvalue weighted by Crippen LogP contribution is 2.30. The Morgan fingerprint density at radius 2 is 2.06 bits per heavy atom. The molecule has 0 heterocycles. The summed E-state index contributed by atoms with van der Waals surface area (Å²) in [7, 11) is 0. The molecule has 2 N–H and O–H groups in total. The van der Waals surface area contributed by atoms with E-state index >= 15 is 0 Å². The van der Waals surface area contributed by atoms with Crippen LogP contribution in [0.25, 0.3) is 0 Å². The third kappa shape index (κ3) is 3.56. The van der Waals surface area contributed by atoms with E-state index in [4.69, 9.17) is 5.73 Å². The van der Waals surface area contributed by atoms with Crippen molar-refractivity contribution in [2.24, 2.45) is 11.7 Å². The highest BCUT2D eigenvalue weighted by atomic mass is 15.1. The number of aryl methyl sites for hydroxylation is 2. The molecule has 1 aliphatic carbocycles. The van der Waals surface area contributed by atoms with Crippen LogP contribution in [0.4, 0.5) is 0 Å². The molecule has 1 saturated carbocycles. The molecule has 2 nitrogen and oxygen atoms in total. The lowest BCUT2D eigenvalue weighted by Crippen LogP contribution is -2.34. The summed E-state index contributed by atoms with van der Waals surface area (Å²) in [5, 5.41) is 0. The van der Waals surface area contributed by atoms with Crippen LogP contribution in [-0.4, -0.2) is 24.5 Å². The molecule has 1 unspecified atom stereocenters. The summed E-state index contributed by atoms with van der Waals surface area (Å²) in [6.45, 7) is 9.85. The maximum atomic E-state index is 6.40. The molecular formula is C16H26N2. The third-order valence-electron chi connectivity index (χ3n) is 3.95. The lowest BCUT2D eigenvalue weighted by molar-refractivity contribution is 0.260. The van der Waals surface area contributed by atoms with Gasteiger partial charge in [0.25, 0.3) is 0 Å². The fourth-order valence-electron chi connectivity index (χ4n) is 2.53. The van der Waals surface area contributed by atoms with Crippen molar-refractivity contribution in [2.75, 3.05) is 19.6 Å². The molecule has 1 atom stereocenters. The Hall–Kier alpha value is -0.860. The maximum Gasteiger partial charge on any atom is 0.0427 e. The smallest absolute Gasteiger partial charge is 0.0427 e. The van der Waals surface area contributed by atoms with Crippen molar-refractivity contribution in [3.8, 4) is 0 Å². The van der Waals surface area contributed by atoms with E-state index in [9.17, 15) is 0 Å². The number of likely N-dealkylation sites (N-methyl/N-ethyl adjacent to an activating group) is 1. The summed E-state index contributed by atoms with van der Waals surface area (Å²) < 4.78 is 0. The molecule has 2 heteroatoms. The van der Waals surface area contributed by atoms with Gasteiger partial charge in [0.15, 0.2) is 0 Å². The predicted molar refractivity (Wildman–Crippen MR) is 77.7 cm³/mol. The van der Waals surface area contributed by atoms with Gasteiger partial charge in [-0.15, -0.1) is 0 Å². The number of benzene rings is 1. The second-order valence-corrected chi connectivity index (χ2v) is 5.76. The second kappa shape index (κ2) is 5.85. The first-order valence-electron chi connectivity index (χ1n) is 7.15. The average Bonchev–Trinajstić information content (AvgIpc) is 3.15. The molecule has 2 rings (SSSR count). The van der Waals surface area contributed by atoms with Crippen LogP contribution < -0.4 is 5.73 Å². The minimum Gasteiger partial charge on any atom is -0.323 e. The van der Waals surface area contributed by atoms with Crippen LogP contribution in [0.5, 0.6) is 0 Å². The van der Waals surface area contributed by atoms with E-state index in [1.54, 1.807) is 0 Å². The third-order valence-corrected chi connectivity index (χ3v) is 3.95. The first-order chi connectivity index (χ1) is 8.60. The van der Waals surface area contributed by atoms with Gasteiger partial charge in [-0.05, 0) is 50.3 Å². The highest BCUT2D eigenvalue weighted by Gasteiger charge is 2.24. The Labute approximate surface area is 111 Å². The van der Waals surface area contributed by atoms with E-state index in [2.05, 4.69) is 43.9 Å². The lowest BCUT2D eigenvalue weighted by Gasteiger charge is -2.25. The van der Waals surface area contributed by atoms with E-state index in [1.807, 2.05) is 0 Å². The molecule has 0 saturated heterocycles. The Kier molecular flexibility index (Phi) is 4.41. The topological polar surface area (TPSA) is 29.3 Å². The van der Waals surface area contributed by atoms with Crippen molar-refractivity contribution in [3.05, 3.63) is 34.9 Å². The zero-order chi connectivity index (χ0) is 13.1. The fraction of sp³-hybridized carbons (Fsp3) is 0.625. The van der Waals surface area contributed by atoms with Gasteiger partial charge in [0.1, 0.15) is 0 Å². The van der Waals surface area contributed by atoms with Crippen LogP contribution >= 0.6 is 0 Å². The number of nitrogens with zero attached hydrogens (tertiary/aromatic N) is 1. The zero-order valence-electron chi connectivity index (χ0n) is 11.9. The van der Waals surface area contributed by atoms with Crippen LogP contribution in [-0.2, 0) is 0 Å². The molecule has 100 valence electrons. The van der Waals surface area contributed by atoms with Gasteiger partial charge in [-0.3, -0.25) is 0 Å². The van der Waals surface area contributed by atoms with Crippen LogP contribution in [0, 0.1) is 19.8 Å². The summed E-state index contributed by atoms with van der Waals surface area (Å²) in [5.74, 6) is 0.941. The van der Waals surface area contributed by atoms with E-state index in [-0.39, 0.29) is 6.04 Å². The summed E-state index contributed by atoms with van der Waals surface area (Å²) in [5.41, 5.74) is 10.3. The van der Waals surface area contributed by atoms with Crippen molar-refractivity contribution in [1.82, 2.24) is 4.90 Å². The van der Waals surface area contributed by atoms with Crippen LogP contribution in [0.3, 0.4) is 0 Å². The van der Waals surface area contributed by atoms with Crippen molar-refractivity contribution in [1.29, 1.82) is 0 Å². The molecule has 0 amide bonds. The summed E-state index contributed by atoms with van der Waals surface area (Å²) in [6, 6.07) is 6.73. The minimum absolute atomic E-state index is 0.142.